The maximum absolute atomic E-state index is 13.2. The van der Waals surface area contributed by atoms with Crippen LogP contribution in [0.1, 0.15) is 24.0 Å². The van der Waals surface area contributed by atoms with E-state index in [0.717, 1.165) is 42.9 Å². The van der Waals surface area contributed by atoms with E-state index in [2.05, 4.69) is 10.4 Å². The molecule has 0 atom stereocenters. The Morgan fingerprint density at radius 1 is 1.04 bits per heavy atom. The summed E-state index contributed by atoms with van der Waals surface area (Å²) in [6.45, 7) is 0.749. The van der Waals surface area contributed by atoms with E-state index in [1.807, 2.05) is 0 Å². The number of aromatic nitrogens is 2. The molecule has 1 aromatic heterocycles. The van der Waals surface area contributed by atoms with E-state index in [1.165, 1.54) is 6.07 Å². The number of anilines is 1. The van der Waals surface area contributed by atoms with Crippen LogP contribution in [0.3, 0.4) is 0 Å². The van der Waals surface area contributed by atoms with E-state index >= 15 is 0 Å². The van der Waals surface area contributed by atoms with Crippen molar-refractivity contribution in [1.82, 2.24) is 9.78 Å². The molecule has 0 aliphatic carbocycles. The first-order valence-electron chi connectivity index (χ1n) is 8.84. The van der Waals surface area contributed by atoms with Gasteiger partial charge in [-0.3, -0.25) is 0 Å². The van der Waals surface area contributed by atoms with E-state index in [1.54, 1.807) is 28.9 Å². The van der Waals surface area contributed by atoms with Gasteiger partial charge in [-0.1, -0.05) is 41.4 Å². The van der Waals surface area contributed by atoms with Crippen LogP contribution >= 0.6 is 23.2 Å². The minimum Gasteiger partial charge on any atom is -0.370 e. The Hall–Kier alpha value is -2.18. The minimum absolute atomic E-state index is 0.344. The zero-order valence-electron chi connectivity index (χ0n) is 14.7. The topological polar surface area (TPSA) is 29.9 Å². The molecule has 0 spiro atoms. The maximum Gasteiger partial charge on any atom is 0.416 e. The second kappa shape index (κ2) is 7.33. The van der Waals surface area contributed by atoms with Crippen LogP contribution in [0.15, 0.2) is 42.5 Å². The number of nitrogens with zero attached hydrogens (tertiary/aromatic N) is 2. The van der Waals surface area contributed by atoms with Crippen molar-refractivity contribution in [2.75, 3.05) is 11.9 Å². The molecule has 146 valence electrons. The van der Waals surface area contributed by atoms with E-state index in [-0.39, 0.29) is 0 Å². The fraction of sp³-hybridized carbons (Fsp3) is 0.250. The van der Waals surface area contributed by atoms with Crippen molar-refractivity contribution in [1.29, 1.82) is 0 Å². The number of benzene rings is 2. The molecule has 0 amide bonds. The van der Waals surface area contributed by atoms with Gasteiger partial charge in [0.1, 0.15) is 5.82 Å². The predicted octanol–water partition coefficient (Wildman–Crippen LogP) is 6.61. The summed E-state index contributed by atoms with van der Waals surface area (Å²) >= 11 is 12.5. The smallest absolute Gasteiger partial charge is 0.370 e. The Balaban J connectivity index is 1.92. The highest BCUT2D eigenvalue weighted by Gasteiger charge is 2.31. The summed E-state index contributed by atoms with van der Waals surface area (Å²) in [5, 5.41) is 8.72. The molecule has 0 unspecified atom stereocenters. The Kier molecular flexibility index (Phi) is 5.02. The highest BCUT2D eigenvalue weighted by Crippen LogP contribution is 2.38. The fourth-order valence-corrected chi connectivity index (χ4v) is 3.78. The minimum atomic E-state index is -4.41. The monoisotopic (exact) mass is 425 g/mol. The van der Waals surface area contributed by atoms with Crippen LogP contribution in [0.4, 0.5) is 19.0 Å². The Morgan fingerprint density at radius 3 is 2.61 bits per heavy atom. The highest BCUT2D eigenvalue weighted by molar-refractivity contribution is 6.43. The van der Waals surface area contributed by atoms with Crippen LogP contribution in [-0.4, -0.2) is 16.3 Å². The Bertz CT molecular complexity index is 1030. The third kappa shape index (κ3) is 3.47. The van der Waals surface area contributed by atoms with Crippen molar-refractivity contribution in [2.24, 2.45) is 0 Å². The fourth-order valence-electron chi connectivity index (χ4n) is 3.41. The molecule has 3 aromatic rings. The Labute approximate surface area is 170 Å². The van der Waals surface area contributed by atoms with Crippen LogP contribution in [0, 0.1) is 0 Å². The molecule has 2 aromatic carbocycles. The quantitative estimate of drug-likeness (QED) is 0.500. The normalized spacial score (nSPS) is 14.3. The van der Waals surface area contributed by atoms with Gasteiger partial charge in [0.25, 0.3) is 0 Å². The molecule has 3 nitrogen and oxygen atoms in total. The molecule has 0 saturated heterocycles. The van der Waals surface area contributed by atoms with Crippen molar-refractivity contribution in [2.45, 2.75) is 25.4 Å². The van der Waals surface area contributed by atoms with Crippen molar-refractivity contribution in [3.63, 3.8) is 0 Å². The molecule has 4 rings (SSSR count). The number of fused-ring (bicyclic) bond motifs is 1. The molecule has 28 heavy (non-hydrogen) atoms. The number of hydrogen-bond donors (Lipinski definition) is 1. The SMILES string of the molecule is FC(F)(F)c1cccc(-c2nn(-c3cccc(Cl)c3Cl)c3c2CCCCN3)c1. The summed E-state index contributed by atoms with van der Waals surface area (Å²) in [6.07, 6.45) is -1.82. The van der Waals surface area contributed by atoms with Crippen LogP contribution < -0.4 is 5.32 Å². The standard InChI is InChI=1S/C20H16Cl2F3N3/c21-15-8-4-9-16(17(15)22)28-19-14(7-1-2-10-26-19)18(27-28)12-5-3-6-13(11-12)20(23,24)25/h3-6,8-9,11,26H,1-2,7,10H2. The van der Waals surface area contributed by atoms with Crippen LogP contribution in [0.5, 0.6) is 0 Å². The van der Waals surface area contributed by atoms with Gasteiger partial charge in [0.15, 0.2) is 0 Å². The van der Waals surface area contributed by atoms with Gasteiger partial charge in [-0.05, 0) is 43.5 Å². The van der Waals surface area contributed by atoms with E-state index in [9.17, 15) is 13.2 Å². The van der Waals surface area contributed by atoms with E-state index in [4.69, 9.17) is 23.2 Å². The van der Waals surface area contributed by atoms with Gasteiger partial charge >= 0.3 is 6.18 Å². The summed E-state index contributed by atoms with van der Waals surface area (Å²) in [7, 11) is 0. The predicted molar refractivity (Wildman–Crippen MR) is 105 cm³/mol. The first-order chi connectivity index (χ1) is 13.4. The second-order valence-electron chi connectivity index (χ2n) is 6.62. The van der Waals surface area contributed by atoms with Crippen LogP contribution in [0.25, 0.3) is 16.9 Å². The van der Waals surface area contributed by atoms with Gasteiger partial charge in [0.05, 0.1) is 27.0 Å². The van der Waals surface area contributed by atoms with Gasteiger partial charge in [0, 0.05) is 17.7 Å². The van der Waals surface area contributed by atoms with Gasteiger partial charge < -0.3 is 5.32 Å². The number of halogens is 5. The number of nitrogens with one attached hydrogen (secondary N) is 1. The molecule has 1 aliphatic rings. The lowest BCUT2D eigenvalue weighted by molar-refractivity contribution is -0.137. The van der Waals surface area contributed by atoms with Crippen molar-refractivity contribution < 1.29 is 13.2 Å². The van der Waals surface area contributed by atoms with E-state index < -0.39 is 11.7 Å². The average molecular weight is 426 g/mol. The number of rotatable bonds is 2. The molecule has 0 bridgehead atoms. The third-order valence-electron chi connectivity index (χ3n) is 4.75. The number of alkyl halides is 3. The first kappa shape index (κ1) is 19.2. The lowest BCUT2D eigenvalue weighted by Crippen LogP contribution is -2.07. The zero-order valence-corrected chi connectivity index (χ0v) is 16.2. The van der Waals surface area contributed by atoms with Crippen molar-refractivity contribution in [3.8, 4) is 16.9 Å². The molecule has 0 saturated carbocycles. The van der Waals surface area contributed by atoms with Gasteiger partial charge in [0.2, 0.25) is 0 Å². The summed E-state index contributed by atoms with van der Waals surface area (Å²) in [6, 6.07) is 10.5. The third-order valence-corrected chi connectivity index (χ3v) is 5.56. The van der Waals surface area contributed by atoms with Gasteiger partial charge in [-0.2, -0.15) is 18.3 Å². The van der Waals surface area contributed by atoms with Gasteiger partial charge in [-0.25, -0.2) is 4.68 Å². The second-order valence-corrected chi connectivity index (χ2v) is 7.41. The zero-order chi connectivity index (χ0) is 19.9. The molecule has 8 heteroatoms. The summed E-state index contributed by atoms with van der Waals surface area (Å²) < 4.78 is 41.2. The lowest BCUT2D eigenvalue weighted by atomic mass is 10.0. The highest BCUT2D eigenvalue weighted by atomic mass is 35.5. The number of hydrogen-bond acceptors (Lipinski definition) is 2. The Morgan fingerprint density at radius 2 is 1.82 bits per heavy atom. The van der Waals surface area contributed by atoms with Gasteiger partial charge in [-0.15, -0.1) is 0 Å². The van der Waals surface area contributed by atoms with Crippen molar-refractivity contribution in [3.05, 3.63) is 63.6 Å². The molecule has 2 heterocycles. The van der Waals surface area contributed by atoms with Crippen LogP contribution in [0.2, 0.25) is 10.0 Å². The molecule has 0 radical (unpaired) electrons. The molecule has 1 N–H and O–H groups in total. The van der Waals surface area contributed by atoms with E-state index in [0.29, 0.717) is 33.4 Å². The first-order valence-corrected chi connectivity index (χ1v) is 9.59. The molecule has 0 fully saturated rings. The summed E-state index contributed by atoms with van der Waals surface area (Å²) in [5.74, 6) is 0.745. The summed E-state index contributed by atoms with van der Waals surface area (Å²) in [5.41, 5.74) is 1.71. The maximum atomic E-state index is 13.2. The lowest BCUT2D eigenvalue weighted by Gasteiger charge is -2.11. The van der Waals surface area contributed by atoms with Crippen molar-refractivity contribution >= 4 is 29.0 Å². The molecular formula is C20H16Cl2F3N3. The average Bonchev–Trinajstić information content (AvgIpc) is 2.84. The largest absolute Gasteiger partial charge is 0.416 e. The van der Waals surface area contributed by atoms with Crippen LogP contribution in [-0.2, 0) is 12.6 Å². The summed E-state index contributed by atoms with van der Waals surface area (Å²) in [4.78, 5) is 0. The molecule has 1 aliphatic heterocycles. The molecular weight excluding hydrogens is 410 g/mol.